The average molecular weight is 518 g/mol. The van der Waals surface area contributed by atoms with Crippen LogP contribution in [-0.2, 0) is 11.0 Å². The number of pyridine rings is 1. The van der Waals surface area contributed by atoms with Crippen molar-refractivity contribution in [2.45, 2.75) is 84.2 Å². The molecule has 1 unspecified atom stereocenters. The van der Waals surface area contributed by atoms with Crippen molar-refractivity contribution in [1.29, 1.82) is 0 Å². The first-order valence-corrected chi connectivity index (χ1v) is 14.9. The molecule has 1 amide bonds. The Balaban J connectivity index is 2.51. The molecule has 2 rings (SSSR count). The molecule has 11 heteroatoms. The molecule has 0 aromatic carbocycles. The molecule has 0 saturated carbocycles. The largest absolute Gasteiger partial charge is 0.465 e. The van der Waals surface area contributed by atoms with Gasteiger partial charge in [-0.15, -0.1) is 6.58 Å². The maximum absolute atomic E-state index is 12.2. The Kier molecular flexibility index (Phi) is 8.85. The zero-order valence-corrected chi connectivity index (χ0v) is 23.6. The van der Waals surface area contributed by atoms with Gasteiger partial charge in [-0.1, -0.05) is 26.8 Å². The Morgan fingerprint density at radius 3 is 2.47 bits per heavy atom. The Morgan fingerprint density at radius 1 is 1.33 bits per heavy atom. The molecule has 2 heterocycles. The van der Waals surface area contributed by atoms with Crippen LogP contribution < -0.4 is 0 Å². The van der Waals surface area contributed by atoms with Crippen LogP contribution in [0.5, 0.6) is 0 Å². The van der Waals surface area contributed by atoms with E-state index in [1.807, 2.05) is 20.8 Å². The number of carboxylic acid groups (broad SMARTS) is 1. The Hall–Kier alpha value is -3.05. The summed E-state index contributed by atoms with van der Waals surface area (Å²) in [4.78, 5) is 29.3. The summed E-state index contributed by atoms with van der Waals surface area (Å²) < 4.78 is 7.84. The molecule has 2 aromatic heterocycles. The highest BCUT2D eigenvalue weighted by Gasteiger charge is 2.37. The van der Waals surface area contributed by atoms with Crippen molar-refractivity contribution < 1.29 is 19.3 Å². The van der Waals surface area contributed by atoms with Gasteiger partial charge in [-0.25, -0.2) is 4.79 Å². The zero-order chi connectivity index (χ0) is 27.5. The summed E-state index contributed by atoms with van der Waals surface area (Å²) in [5.41, 5.74) is 0.503. The first-order valence-electron chi connectivity index (χ1n) is 11.9. The van der Waals surface area contributed by atoms with Crippen LogP contribution in [0.4, 0.5) is 10.5 Å². The highest BCUT2D eigenvalue weighted by atomic mass is 28.4. The summed E-state index contributed by atoms with van der Waals surface area (Å²) in [6.45, 7) is 20.7. The standard InChI is InChI=1S/C25H39N5O5Si/c1-10-11-20(29(23(31)32)24(2,3)4)19-16-18(12-13-26-19)22-21(30(33)34)17-27-28(22)14-15-35-36(8,9)25(5,6)7/h10,12-13,16-17,20H,1,11,14-15H2,2-9H3,(H,31,32). The first kappa shape index (κ1) is 29.2. The van der Waals surface area contributed by atoms with Crippen molar-refractivity contribution in [3.05, 3.63) is 53.0 Å². The predicted octanol–water partition coefficient (Wildman–Crippen LogP) is 6.27. The topological polar surface area (TPSA) is 124 Å². The number of carbonyl (C=O) groups is 1. The SMILES string of the molecule is C=CCC(c1cc(-c2c([N+](=O)[O-])cnn2CCO[Si](C)(C)C(C)(C)C)ccn1)N(C(=O)O)C(C)(C)C. The second kappa shape index (κ2) is 10.9. The van der Waals surface area contributed by atoms with E-state index in [9.17, 15) is 20.0 Å². The van der Waals surface area contributed by atoms with E-state index in [1.54, 1.807) is 22.9 Å². The van der Waals surface area contributed by atoms with Gasteiger partial charge < -0.3 is 9.53 Å². The third-order valence-corrected chi connectivity index (χ3v) is 11.2. The zero-order valence-electron chi connectivity index (χ0n) is 22.6. The van der Waals surface area contributed by atoms with E-state index in [2.05, 4.69) is 50.5 Å². The molecule has 198 valence electrons. The molecule has 36 heavy (non-hydrogen) atoms. The highest BCUT2D eigenvalue weighted by molar-refractivity contribution is 6.74. The second-order valence-electron chi connectivity index (χ2n) is 11.3. The maximum atomic E-state index is 12.2. The predicted molar refractivity (Wildman–Crippen MR) is 142 cm³/mol. The molecule has 0 saturated heterocycles. The van der Waals surface area contributed by atoms with Gasteiger partial charge in [0.2, 0.25) is 0 Å². The van der Waals surface area contributed by atoms with Gasteiger partial charge in [0.1, 0.15) is 11.9 Å². The van der Waals surface area contributed by atoms with E-state index in [-0.39, 0.29) is 10.7 Å². The third kappa shape index (κ3) is 6.58. The normalized spacial score (nSPS) is 13.3. The fraction of sp³-hybridized carbons (Fsp3) is 0.560. The van der Waals surface area contributed by atoms with Crippen molar-refractivity contribution in [1.82, 2.24) is 19.7 Å². The molecule has 0 aliphatic heterocycles. The molecule has 10 nitrogen and oxygen atoms in total. The van der Waals surface area contributed by atoms with Crippen LogP contribution in [0.3, 0.4) is 0 Å². The molecular weight excluding hydrogens is 478 g/mol. The second-order valence-corrected chi connectivity index (χ2v) is 16.1. The van der Waals surface area contributed by atoms with Crippen molar-refractivity contribution in [3.63, 3.8) is 0 Å². The molecule has 0 bridgehead atoms. The van der Waals surface area contributed by atoms with Crippen LogP contribution in [0, 0.1) is 10.1 Å². The fourth-order valence-corrected chi connectivity index (χ4v) is 4.80. The molecule has 2 aromatic rings. The van der Waals surface area contributed by atoms with Crippen LogP contribution in [0.1, 0.15) is 59.7 Å². The van der Waals surface area contributed by atoms with Gasteiger partial charge in [-0.2, -0.15) is 5.10 Å². The quantitative estimate of drug-likeness (QED) is 0.170. The Bertz CT molecular complexity index is 1100. The summed E-state index contributed by atoms with van der Waals surface area (Å²) in [6, 6.07) is 2.76. The van der Waals surface area contributed by atoms with E-state index in [1.165, 1.54) is 17.3 Å². The van der Waals surface area contributed by atoms with Crippen molar-refractivity contribution in [2.24, 2.45) is 0 Å². The number of hydrogen-bond acceptors (Lipinski definition) is 6. The van der Waals surface area contributed by atoms with Crippen molar-refractivity contribution in [2.75, 3.05) is 6.61 Å². The summed E-state index contributed by atoms with van der Waals surface area (Å²) in [5.74, 6) is 0. The minimum atomic E-state index is -2.00. The lowest BCUT2D eigenvalue weighted by atomic mass is 9.98. The van der Waals surface area contributed by atoms with Gasteiger partial charge in [0, 0.05) is 17.3 Å². The van der Waals surface area contributed by atoms with Crippen molar-refractivity contribution in [3.8, 4) is 11.3 Å². The monoisotopic (exact) mass is 517 g/mol. The van der Waals surface area contributed by atoms with E-state index >= 15 is 0 Å². The van der Waals surface area contributed by atoms with Gasteiger partial charge in [0.05, 0.1) is 29.8 Å². The molecule has 0 spiro atoms. The molecular formula is C25H39N5O5Si. The molecule has 1 N–H and O–H groups in total. The number of amides is 1. The van der Waals surface area contributed by atoms with Crippen LogP contribution in [0.15, 0.2) is 37.2 Å². The number of aromatic nitrogens is 3. The summed E-state index contributed by atoms with van der Waals surface area (Å²) >= 11 is 0. The van der Waals surface area contributed by atoms with E-state index in [0.29, 0.717) is 36.5 Å². The lowest BCUT2D eigenvalue weighted by Gasteiger charge is -2.39. The van der Waals surface area contributed by atoms with E-state index < -0.39 is 30.9 Å². The van der Waals surface area contributed by atoms with Gasteiger partial charge in [0.15, 0.2) is 8.32 Å². The maximum Gasteiger partial charge on any atom is 0.408 e. The van der Waals surface area contributed by atoms with Gasteiger partial charge in [0.25, 0.3) is 0 Å². The van der Waals surface area contributed by atoms with Crippen LogP contribution in [0.2, 0.25) is 18.1 Å². The minimum absolute atomic E-state index is 0.0369. The number of nitro groups is 1. The molecule has 0 aliphatic carbocycles. The Labute approximate surface area is 214 Å². The number of rotatable bonds is 10. The summed E-state index contributed by atoms with van der Waals surface area (Å²) in [7, 11) is -2.00. The van der Waals surface area contributed by atoms with E-state index in [0.717, 1.165) is 0 Å². The van der Waals surface area contributed by atoms with Gasteiger partial charge in [-0.3, -0.25) is 24.7 Å². The van der Waals surface area contributed by atoms with Crippen LogP contribution in [0.25, 0.3) is 11.3 Å². The molecule has 0 fully saturated rings. The minimum Gasteiger partial charge on any atom is -0.465 e. The van der Waals surface area contributed by atoms with Crippen molar-refractivity contribution >= 4 is 20.1 Å². The molecule has 1 atom stereocenters. The van der Waals surface area contributed by atoms with Gasteiger partial charge >= 0.3 is 11.8 Å². The van der Waals surface area contributed by atoms with Crippen LogP contribution in [-0.4, -0.2) is 56.3 Å². The highest BCUT2D eigenvalue weighted by Crippen LogP contribution is 2.37. The smallest absolute Gasteiger partial charge is 0.408 e. The molecule has 0 aliphatic rings. The van der Waals surface area contributed by atoms with E-state index in [4.69, 9.17) is 4.43 Å². The summed E-state index contributed by atoms with van der Waals surface area (Å²) in [6.07, 6.45) is 3.67. The van der Waals surface area contributed by atoms with Gasteiger partial charge in [-0.05, 0) is 57.5 Å². The number of nitrogens with zero attached hydrogens (tertiary/aromatic N) is 5. The Morgan fingerprint density at radius 2 is 1.97 bits per heavy atom. The van der Waals surface area contributed by atoms with Crippen LogP contribution >= 0.6 is 0 Å². The lowest BCUT2D eigenvalue weighted by Crippen LogP contribution is -2.47. The fourth-order valence-electron chi connectivity index (χ4n) is 3.76. The first-order chi connectivity index (χ1) is 16.5. The summed E-state index contributed by atoms with van der Waals surface area (Å²) in [5, 5.41) is 26.1. The molecule has 0 radical (unpaired) electrons. The lowest BCUT2D eigenvalue weighted by molar-refractivity contribution is -0.384. The average Bonchev–Trinajstić information content (AvgIpc) is 3.15. The third-order valence-electron chi connectivity index (χ3n) is 6.62. The number of hydrogen-bond donors (Lipinski definition) is 1.